The highest BCUT2D eigenvalue weighted by Gasteiger charge is 2.24. The Labute approximate surface area is 135 Å². The summed E-state index contributed by atoms with van der Waals surface area (Å²) in [6.45, 7) is 1.88. The van der Waals surface area contributed by atoms with Gasteiger partial charge in [0.1, 0.15) is 0 Å². The second-order valence-corrected chi connectivity index (χ2v) is 5.78. The quantitative estimate of drug-likeness (QED) is 0.764. The Morgan fingerprint density at radius 2 is 1.91 bits per heavy atom. The van der Waals surface area contributed by atoms with E-state index in [0.29, 0.717) is 13.0 Å². The molecule has 1 amide bonds. The number of hydrogen-bond acceptors (Lipinski definition) is 3. The van der Waals surface area contributed by atoms with Crippen molar-refractivity contribution in [1.82, 2.24) is 5.32 Å². The fourth-order valence-electron chi connectivity index (χ4n) is 3.03. The molecular formula is C19H19NO3. The van der Waals surface area contributed by atoms with Crippen LogP contribution in [-0.2, 0) is 11.2 Å². The Balaban J connectivity index is 2.04. The lowest BCUT2D eigenvalue weighted by Gasteiger charge is -2.26. The molecular weight excluding hydrogens is 290 g/mol. The maximum Gasteiger partial charge on any atom is 0.217 e. The van der Waals surface area contributed by atoms with Crippen molar-refractivity contribution in [1.29, 1.82) is 0 Å². The highest BCUT2D eigenvalue weighted by atomic mass is 16.3. The minimum Gasteiger partial charge on any atom is -0.504 e. The van der Waals surface area contributed by atoms with Gasteiger partial charge in [0.2, 0.25) is 5.91 Å². The van der Waals surface area contributed by atoms with Crippen molar-refractivity contribution in [2.45, 2.75) is 19.3 Å². The predicted octanol–water partition coefficient (Wildman–Crippen LogP) is 2.96. The van der Waals surface area contributed by atoms with Gasteiger partial charge >= 0.3 is 0 Å². The maximum absolute atomic E-state index is 11.2. The third-order valence-corrected chi connectivity index (χ3v) is 4.19. The lowest BCUT2D eigenvalue weighted by Crippen LogP contribution is -2.24. The molecule has 0 spiro atoms. The largest absolute Gasteiger partial charge is 0.504 e. The molecule has 1 aliphatic carbocycles. The predicted molar refractivity (Wildman–Crippen MR) is 89.3 cm³/mol. The normalized spacial score (nSPS) is 16.4. The number of carbonyl (C=O) groups is 1. The van der Waals surface area contributed by atoms with Crippen molar-refractivity contribution in [3.63, 3.8) is 0 Å². The first kappa shape index (κ1) is 15.2. The van der Waals surface area contributed by atoms with Gasteiger partial charge in [-0.05, 0) is 29.2 Å². The third-order valence-electron chi connectivity index (χ3n) is 4.19. The van der Waals surface area contributed by atoms with E-state index >= 15 is 0 Å². The van der Waals surface area contributed by atoms with E-state index in [-0.39, 0.29) is 23.3 Å². The highest BCUT2D eigenvalue weighted by molar-refractivity contribution is 5.80. The number of phenols is 2. The number of nitrogens with one attached hydrogen (secondary N) is 1. The third kappa shape index (κ3) is 3.06. The van der Waals surface area contributed by atoms with Gasteiger partial charge in [-0.3, -0.25) is 4.79 Å². The summed E-state index contributed by atoms with van der Waals surface area (Å²) in [7, 11) is 0. The Morgan fingerprint density at radius 3 is 2.61 bits per heavy atom. The van der Waals surface area contributed by atoms with Gasteiger partial charge in [0.05, 0.1) is 0 Å². The van der Waals surface area contributed by atoms with Gasteiger partial charge in [0, 0.05) is 24.9 Å². The summed E-state index contributed by atoms with van der Waals surface area (Å²) < 4.78 is 0. The molecule has 23 heavy (non-hydrogen) atoms. The Morgan fingerprint density at radius 1 is 1.17 bits per heavy atom. The van der Waals surface area contributed by atoms with Crippen LogP contribution >= 0.6 is 0 Å². The summed E-state index contributed by atoms with van der Waals surface area (Å²) >= 11 is 0. The van der Waals surface area contributed by atoms with E-state index in [1.165, 1.54) is 13.0 Å². The van der Waals surface area contributed by atoms with E-state index in [4.69, 9.17) is 0 Å². The topological polar surface area (TPSA) is 69.6 Å². The van der Waals surface area contributed by atoms with Crippen molar-refractivity contribution in [3.8, 4) is 11.5 Å². The summed E-state index contributed by atoms with van der Waals surface area (Å²) in [6, 6.07) is 13.3. The smallest absolute Gasteiger partial charge is 0.217 e. The first-order valence-corrected chi connectivity index (χ1v) is 7.60. The zero-order valence-corrected chi connectivity index (χ0v) is 12.9. The number of amides is 1. The summed E-state index contributed by atoms with van der Waals surface area (Å²) in [6.07, 6.45) is 2.74. The van der Waals surface area contributed by atoms with Gasteiger partial charge in [-0.1, -0.05) is 42.5 Å². The van der Waals surface area contributed by atoms with Gasteiger partial charge in [-0.15, -0.1) is 0 Å². The van der Waals surface area contributed by atoms with Gasteiger partial charge in [0.15, 0.2) is 11.5 Å². The SMILES string of the molecule is CC(=O)NCC1=CC(c2ccccc2)Cc2c1ccc(O)c2O. The molecule has 0 aromatic heterocycles. The molecule has 0 heterocycles. The van der Waals surface area contributed by atoms with Crippen molar-refractivity contribution in [2.75, 3.05) is 6.54 Å². The molecule has 0 aliphatic heterocycles. The van der Waals surface area contributed by atoms with Gasteiger partial charge < -0.3 is 15.5 Å². The molecule has 0 bridgehead atoms. The van der Waals surface area contributed by atoms with Crippen LogP contribution in [0.25, 0.3) is 5.57 Å². The second-order valence-electron chi connectivity index (χ2n) is 5.78. The molecule has 2 aromatic rings. The van der Waals surface area contributed by atoms with Crippen molar-refractivity contribution in [3.05, 3.63) is 65.2 Å². The number of benzene rings is 2. The molecule has 2 aromatic carbocycles. The lowest BCUT2D eigenvalue weighted by atomic mass is 9.80. The van der Waals surface area contributed by atoms with Gasteiger partial charge in [-0.25, -0.2) is 0 Å². The highest BCUT2D eigenvalue weighted by Crippen LogP contribution is 2.42. The Hall–Kier alpha value is -2.75. The van der Waals surface area contributed by atoms with Crippen LogP contribution < -0.4 is 5.32 Å². The average molecular weight is 309 g/mol. The zero-order valence-electron chi connectivity index (χ0n) is 12.9. The molecule has 3 N–H and O–H groups in total. The molecule has 4 nitrogen and oxygen atoms in total. The van der Waals surface area contributed by atoms with Crippen LogP contribution in [0.1, 0.15) is 29.5 Å². The van der Waals surface area contributed by atoms with E-state index in [0.717, 1.165) is 22.3 Å². The average Bonchev–Trinajstić information content (AvgIpc) is 2.56. The minimum absolute atomic E-state index is 0.0724. The number of rotatable bonds is 3. The van der Waals surface area contributed by atoms with Gasteiger partial charge in [0.25, 0.3) is 0 Å². The first-order valence-electron chi connectivity index (χ1n) is 7.60. The zero-order chi connectivity index (χ0) is 16.4. The molecule has 3 rings (SSSR count). The maximum atomic E-state index is 11.2. The standard InChI is InChI=1S/C19H19NO3/c1-12(21)20-11-15-9-14(13-5-3-2-4-6-13)10-17-16(15)7-8-18(22)19(17)23/h2-9,14,22-23H,10-11H2,1H3,(H,20,21). The van der Waals surface area contributed by atoms with Crippen LogP contribution in [0.2, 0.25) is 0 Å². The number of hydrogen-bond donors (Lipinski definition) is 3. The van der Waals surface area contributed by atoms with E-state index in [9.17, 15) is 15.0 Å². The monoisotopic (exact) mass is 309 g/mol. The number of aromatic hydroxyl groups is 2. The summed E-state index contributed by atoms with van der Waals surface area (Å²) in [5, 5.41) is 22.8. The van der Waals surface area contributed by atoms with Crippen molar-refractivity contribution < 1.29 is 15.0 Å². The fourth-order valence-corrected chi connectivity index (χ4v) is 3.03. The van der Waals surface area contributed by atoms with Crippen LogP contribution in [0.5, 0.6) is 11.5 Å². The van der Waals surface area contributed by atoms with Crippen molar-refractivity contribution in [2.24, 2.45) is 0 Å². The molecule has 4 heteroatoms. The molecule has 0 radical (unpaired) electrons. The Bertz CT molecular complexity index is 766. The molecule has 1 aliphatic rings. The molecule has 0 fully saturated rings. The minimum atomic E-state index is -0.115. The molecule has 0 saturated carbocycles. The van der Waals surface area contributed by atoms with E-state index in [1.807, 2.05) is 30.3 Å². The van der Waals surface area contributed by atoms with E-state index in [1.54, 1.807) is 6.07 Å². The summed E-state index contributed by atoms with van der Waals surface area (Å²) in [5.74, 6) is -0.189. The first-order chi connectivity index (χ1) is 11.1. The molecule has 118 valence electrons. The number of carbonyl (C=O) groups excluding carboxylic acids is 1. The molecule has 1 unspecified atom stereocenters. The van der Waals surface area contributed by atoms with E-state index in [2.05, 4.69) is 11.4 Å². The van der Waals surface area contributed by atoms with Crippen LogP contribution in [0.15, 0.2) is 48.5 Å². The molecule has 0 saturated heterocycles. The van der Waals surface area contributed by atoms with Crippen molar-refractivity contribution >= 4 is 11.5 Å². The fraction of sp³-hybridized carbons (Fsp3) is 0.211. The van der Waals surface area contributed by atoms with Gasteiger partial charge in [-0.2, -0.15) is 0 Å². The molecule has 1 atom stereocenters. The van der Waals surface area contributed by atoms with Crippen LogP contribution in [0.3, 0.4) is 0 Å². The summed E-state index contributed by atoms with van der Waals surface area (Å²) in [4.78, 5) is 11.2. The second kappa shape index (κ2) is 6.16. The Kier molecular flexibility index (Phi) is 4.06. The lowest BCUT2D eigenvalue weighted by molar-refractivity contribution is -0.118. The van der Waals surface area contributed by atoms with E-state index < -0.39 is 0 Å². The number of fused-ring (bicyclic) bond motifs is 1. The van der Waals surface area contributed by atoms with Crippen LogP contribution in [0, 0.1) is 0 Å². The summed E-state index contributed by atoms with van der Waals surface area (Å²) in [5.41, 5.74) is 3.69. The number of allylic oxidation sites excluding steroid dienone is 1. The van der Waals surface area contributed by atoms with Crippen LogP contribution in [-0.4, -0.2) is 22.7 Å². The number of phenolic OH excluding ortho intramolecular Hbond substituents is 2. The van der Waals surface area contributed by atoms with Crippen LogP contribution in [0.4, 0.5) is 0 Å².